The smallest absolute Gasteiger partial charge is 0.417 e. The highest BCUT2D eigenvalue weighted by atomic mass is 19.4. The van der Waals surface area contributed by atoms with Gasteiger partial charge in [0.2, 0.25) is 0 Å². The molecule has 0 unspecified atom stereocenters. The predicted molar refractivity (Wildman–Crippen MR) is 42.6 cm³/mol. The van der Waals surface area contributed by atoms with Crippen LogP contribution in [0.1, 0.15) is 21.5 Å². The van der Waals surface area contributed by atoms with Gasteiger partial charge in [-0.2, -0.15) is 13.2 Å². The van der Waals surface area contributed by atoms with Crippen molar-refractivity contribution < 1.29 is 28.2 Å². The highest BCUT2D eigenvalue weighted by Crippen LogP contribution is 2.35. The van der Waals surface area contributed by atoms with Crippen LogP contribution >= 0.6 is 0 Å². The van der Waals surface area contributed by atoms with Crippen molar-refractivity contribution in [2.75, 3.05) is 0 Å². The fourth-order valence-corrected chi connectivity index (χ4v) is 1.20. The summed E-state index contributed by atoms with van der Waals surface area (Å²) < 4.78 is 37.1. The van der Waals surface area contributed by atoms with Gasteiger partial charge in [-0.25, -0.2) is 4.79 Å². The molecular weight excluding hydrogens is 213 g/mol. The molecule has 0 aliphatic rings. The molecule has 0 spiro atoms. The predicted octanol–water partition coefficient (Wildman–Crippen LogP) is 1.79. The number of alkyl halides is 3. The zero-order valence-corrected chi connectivity index (χ0v) is 7.55. The monoisotopic (exact) mass is 219 g/mol. The van der Waals surface area contributed by atoms with Crippen LogP contribution in [-0.4, -0.2) is 11.1 Å². The Kier molecular flexibility index (Phi) is 2.61. The van der Waals surface area contributed by atoms with E-state index >= 15 is 0 Å². The van der Waals surface area contributed by atoms with Crippen molar-refractivity contribution in [3.8, 4) is 5.75 Å². The maximum atomic E-state index is 12.4. The van der Waals surface area contributed by atoms with Crippen LogP contribution in [0.4, 0.5) is 13.2 Å². The first kappa shape index (κ1) is 11.4. The van der Waals surface area contributed by atoms with E-state index in [0.717, 1.165) is 6.07 Å². The number of rotatable bonds is 1. The van der Waals surface area contributed by atoms with Gasteiger partial charge in [0, 0.05) is 0 Å². The number of carboxylic acids is 1. The molecule has 1 rings (SSSR count). The lowest BCUT2D eigenvalue weighted by Gasteiger charge is -2.17. The van der Waals surface area contributed by atoms with E-state index in [4.69, 9.17) is 5.11 Å². The van der Waals surface area contributed by atoms with E-state index in [9.17, 15) is 23.1 Å². The molecule has 0 bridgehead atoms. The third-order valence-electron chi connectivity index (χ3n) is 1.77. The number of hydrogen-bond acceptors (Lipinski definition) is 2. The van der Waals surface area contributed by atoms with Crippen LogP contribution in [0.5, 0.6) is 5.75 Å². The zero-order chi connectivity index (χ0) is 11.8. The zero-order valence-electron chi connectivity index (χ0n) is 7.55. The van der Waals surface area contributed by atoms with Gasteiger partial charge in [0.15, 0.2) is 0 Å². The van der Waals surface area contributed by atoms with Crippen molar-refractivity contribution >= 4 is 5.97 Å². The summed E-state index contributed by atoms with van der Waals surface area (Å²) in [4.78, 5) is 10.5. The Morgan fingerprint density at radius 3 is 2.33 bits per heavy atom. The van der Waals surface area contributed by atoms with Gasteiger partial charge in [-0.15, -0.1) is 0 Å². The van der Waals surface area contributed by atoms with E-state index in [-0.39, 0.29) is 5.56 Å². The van der Waals surface area contributed by atoms with Crippen molar-refractivity contribution in [1.29, 1.82) is 0 Å². The molecule has 0 atom stereocenters. The topological polar surface area (TPSA) is 60.4 Å². The largest absolute Gasteiger partial charge is 0.872 e. The summed E-state index contributed by atoms with van der Waals surface area (Å²) in [7, 11) is 0. The SMILES string of the molecule is Cc1cc([O-])c(C(=O)O)c(C(F)(F)F)c1. The Balaban J connectivity index is 3.54. The quantitative estimate of drug-likeness (QED) is 0.783. The molecule has 0 saturated heterocycles. The molecule has 82 valence electrons. The van der Waals surface area contributed by atoms with Crippen molar-refractivity contribution in [2.45, 2.75) is 13.1 Å². The molecule has 0 radical (unpaired) electrons. The minimum absolute atomic E-state index is 0.0809. The van der Waals surface area contributed by atoms with Gasteiger partial charge in [0.1, 0.15) is 0 Å². The normalized spacial score (nSPS) is 11.5. The first-order valence-corrected chi connectivity index (χ1v) is 3.85. The van der Waals surface area contributed by atoms with Gasteiger partial charge < -0.3 is 10.2 Å². The van der Waals surface area contributed by atoms with Crippen molar-refractivity contribution in [2.24, 2.45) is 0 Å². The standard InChI is InChI=1S/C9H7F3O3/c1-4-2-5(9(10,11)12)7(8(14)15)6(13)3-4/h2-3,13H,1H3,(H,14,15)/p-1. The maximum Gasteiger partial charge on any atom is 0.417 e. The van der Waals surface area contributed by atoms with Crippen molar-refractivity contribution in [3.63, 3.8) is 0 Å². The van der Waals surface area contributed by atoms with Gasteiger partial charge in [0.25, 0.3) is 0 Å². The Morgan fingerprint density at radius 2 is 1.93 bits per heavy atom. The van der Waals surface area contributed by atoms with E-state index in [0.29, 0.717) is 6.07 Å². The molecule has 3 nitrogen and oxygen atoms in total. The fourth-order valence-electron chi connectivity index (χ4n) is 1.20. The minimum Gasteiger partial charge on any atom is -0.872 e. The van der Waals surface area contributed by atoms with Gasteiger partial charge >= 0.3 is 12.1 Å². The molecule has 1 aromatic rings. The Bertz CT molecular complexity index is 410. The average Bonchev–Trinajstić information content (AvgIpc) is 1.99. The van der Waals surface area contributed by atoms with Crippen LogP contribution in [0, 0.1) is 6.92 Å². The number of benzene rings is 1. The molecule has 0 heterocycles. The third-order valence-corrected chi connectivity index (χ3v) is 1.77. The van der Waals surface area contributed by atoms with E-state index in [1.165, 1.54) is 6.92 Å². The summed E-state index contributed by atoms with van der Waals surface area (Å²) in [5.41, 5.74) is -2.55. The number of aryl methyl sites for hydroxylation is 1. The fraction of sp³-hybridized carbons (Fsp3) is 0.222. The molecule has 1 N–H and O–H groups in total. The molecule has 0 fully saturated rings. The maximum absolute atomic E-state index is 12.4. The van der Waals surface area contributed by atoms with Crippen LogP contribution in [-0.2, 0) is 6.18 Å². The van der Waals surface area contributed by atoms with E-state index in [1.807, 2.05) is 0 Å². The second-order valence-corrected chi connectivity index (χ2v) is 2.99. The summed E-state index contributed by atoms with van der Waals surface area (Å²) in [6, 6.07) is 1.50. The lowest BCUT2D eigenvalue weighted by atomic mass is 10.0. The molecule has 0 aromatic heterocycles. The number of carbonyl (C=O) groups is 1. The summed E-state index contributed by atoms with van der Waals surface area (Å²) in [6.45, 7) is 1.29. The average molecular weight is 219 g/mol. The van der Waals surface area contributed by atoms with Gasteiger partial charge in [0.05, 0.1) is 11.1 Å². The molecule has 0 amide bonds. The molecular formula is C9H6F3O3-. The van der Waals surface area contributed by atoms with Crippen LogP contribution in [0.15, 0.2) is 12.1 Å². The van der Waals surface area contributed by atoms with Gasteiger partial charge in [-0.1, -0.05) is 17.4 Å². The third kappa shape index (κ3) is 2.20. The lowest BCUT2D eigenvalue weighted by molar-refractivity contribution is -0.269. The van der Waals surface area contributed by atoms with Crippen LogP contribution in [0.3, 0.4) is 0 Å². The molecule has 0 saturated carbocycles. The number of hydrogen-bond donors (Lipinski definition) is 1. The lowest BCUT2D eigenvalue weighted by Crippen LogP contribution is -2.16. The number of carboxylic acid groups (broad SMARTS) is 1. The van der Waals surface area contributed by atoms with Gasteiger partial charge in [-0.05, 0) is 13.0 Å². The van der Waals surface area contributed by atoms with Crippen molar-refractivity contribution in [1.82, 2.24) is 0 Å². The van der Waals surface area contributed by atoms with Crippen LogP contribution in [0.2, 0.25) is 0 Å². The van der Waals surface area contributed by atoms with E-state index in [1.54, 1.807) is 0 Å². The first-order valence-electron chi connectivity index (χ1n) is 3.85. The second kappa shape index (κ2) is 3.45. The Morgan fingerprint density at radius 1 is 1.40 bits per heavy atom. The minimum atomic E-state index is -4.83. The van der Waals surface area contributed by atoms with E-state index < -0.39 is 29.0 Å². The van der Waals surface area contributed by atoms with Gasteiger partial charge in [-0.3, -0.25) is 0 Å². The molecule has 6 heteroatoms. The highest BCUT2D eigenvalue weighted by Gasteiger charge is 2.35. The Hall–Kier alpha value is -1.72. The summed E-state index contributed by atoms with van der Waals surface area (Å²) in [5.74, 6) is -3.00. The van der Waals surface area contributed by atoms with Crippen LogP contribution in [0.25, 0.3) is 0 Å². The Labute approximate surface area is 82.8 Å². The molecule has 15 heavy (non-hydrogen) atoms. The molecule has 0 aliphatic carbocycles. The summed E-state index contributed by atoms with van der Waals surface area (Å²) in [5, 5.41) is 19.6. The van der Waals surface area contributed by atoms with E-state index in [2.05, 4.69) is 0 Å². The highest BCUT2D eigenvalue weighted by molar-refractivity contribution is 5.92. The summed E-state index contributed by atoms with van der Waals surface area (Å²) >= 11 is 0. The first-order chi connectivity index (χ1) is 6.73. The summed E-state index contributed by atoms with van der Waals surface area (Å²) in [6.07, 6.45) is -4.83. The van der Waals surface area contributed by atoms with Crippen molar-refractivity contribution in [3.05, 3.63) is 28.8 Å². The second-order valence-electron chi connectivity index (χ2n) is 2.99. The molecule has 0 aliphatic heterocycles. The number of aromatic carboxylic acids is 1. The van der Waals surface area contributed by atoms with Crippen LogP contribution < -0.4 is 5.11 Å². The number of halogens is 3. The molecule has 1 aromatic carbocycles.